The maximum atomic E-state index is 13.4. The highest BCUT2D eigenvalue weighted by Crippen LogP contribution is 2.31. The van der Waals surface area contributed by atoms with Crippen LogP contribution in [0.1, 0.15) is 23.1 Å². The van der Waals surface area contributed by atoms with Crippen molar-refractivity contribution < 1.29 is 4.79 Å². The van der Waals surface area contributed by atoms with Crippen LogP contribution < -0.4 is 5.56 Å². The summed E-state index contributed by atoms with van der Waals surface area (Å²) in [6.45, 7) is 2.73. The number of fused-ring (bicyclic) bond motifs is 2. The number of aromatic amines is 1. The van der Waals surface area contributed by atoms with E-state index >= 15 is 0 Å². The van der Waals surface area contributed by atoms with Crippen LogP contribution >= 0.6 is 11.6 Å². The summed E-state index contributed by atoms with van der Waals surface area (Å²) in [6, 6.07) is 22.5. The van der Waals surface area contributed by atoms with Crippen LogP contribution in [0.4, 0.5) is 0 Å². The van der Waals surface area contributed by atoms with Crippen molar-refractivity contribution in [2.24, 2.45) is 0 Å². The summed E-state index contributed by atoms with van der Waals surface area (Å²) in [5, 5.41) is 1.24. The predicted molar refractivity (Wildman–Crippen MR) is 134 cm³/mol. The standard InChI is InChI=1S/C27H20ClN3O2/c1-2-31-22-11-7-6-10-21(22)29-24(31)15-14-23(32)26-25(17-8-4-3-5-9-17)19-16-18(28)12-13-20(19)30-27(26)33/h3-16H,2H2,1H3,(H,30,33)/b15-14+. The first-order chi connectivity index (χ1) is 16.1. The molecule has 0 atom stereocenters. The minimum Gasteiger partial charge on any atom is -0.325 e. The van der Waals surface area contributed by atoms with Crippen LogP contribution in [0, 0.1) is 0 Å². The zero-order valence-electron chi connectivity index (χ0n) is 17.9. The van der Waals surface area contributed by atoms with E-state index in [1.165, 1.54) is 6.08 Å². The van der Waals surface area contributed by atoms with Crippen LogP contribution in [-0.2, 0) is 6.54 Å². The molecule has 33 heavy (non-hydrogen) atoms. The van der Waals surface area contributed by atoms with Gasteiger partial charge in [-0.25, -0.2) is 4.98 Å². The summed E-state index contributed by atoms with van der Waals surface area (Å²) in [6.07, 6.45) is 3.09. The highest BCUT2D eigenvalue weighted by Gasteiger charge is 2.19. The highest BCUT2D eigenvalue weighted by atomic mass is 35.5. The van der Waals surface area contributed by atoms with Gasteiger partial charge < -0.3 is 9.55 Å². The number of para-hydroxylation sites is 2. The van der Waals surface area contributed by atoms with Crippen molar-refractivity contribution in [3.05, 3.63) is 106 Å². The second-order valence-corrected chi connectivity index (χ2v) is 8.10. The summed E-state index contributed by atoms with van der Waals surface area (Å²) in [7, 11) is 0. The van der Waals surface area contributed by atoms with Crippen molar-refractivity contribution in [3.8, 4) is 11.1 Å². The molecule has 5 aromatic rings. The fourth-order valence-corrected chi connectivity index (χ4v) is 4.36. The first kappa shape index (κ1) is 20.9. The molecule has 6 heteroatoms. The Morgan fingerprint density at radius 2 is 1.82 bits per heavy atom. The number of nitrogens with zero attached hydrogens (tertiary/aromatic N) is 2. The molecule has 0 amide bonds. The van der Waals surface area contributed by atoms with Crippen LogP contribution in [0.2, 0.25) is 5.02 Å². The molecule has 0 radical (unpaired) electrons. The molecule has 5 rings (SSSR count). The van der Waals surface area contributed by atoms with Crippen LogP contribution in [0.5, 0.6) is 0 Å². The Bertz CT molecular complexity index is 1600. The third kappa shape index (κ3) is 3.77. The van der Waals surface area contributed by atoms with E-state index in [4.69, 9.17) is 11.6 Å². The van der Waals surface area contributed by atoms with Gasteiger partial charge in [-0.05, 0) is 55.0 Å². The van der Waals surface area contributed by atoms with Gasteiger partial charge in [0.1, 0.15) is 5.82 Å². The minimum atomic E-state index is -0.442. The normalized spacial score (nSPS) is 11.6. The molecule has 0 aliphatic heterocycles. The molecule has 1 N–H and O–H groups in total. The van der Waals surface area contributed by atoms with Gasteiger partial charge in [0.15, 0.2) is 5.78 Å². The number of carbonyl (C=O) groups excluding carboxylic acids is 1. The van der Waals surface area contributed by atoms with Gasteiger partial charge in [0, 0.05) is 28.0 Å². The summed E-state index contributed by atoms with van der Waals surface area (Å²) in [5.41, 5.74) is 3.44. The van der Waals surface area contributed by atoms with E-state index in [-0.39, 0.29) is 5.56 Å². The molecule has 2 heterocycles. The van der Waals surface area contributed by atoms with Gasteiger partial charge in [-0.15, -0.1) is 0 Å². The van der Waals surface area contributed by atoms with E-state index in [1.54, 1.807) is 24.3 Å². The molecule has 0 saturated heterocycles. The van der Waals surface area contributed by atoms with E-state index in [0.29, 0.717) is 33.9 Å². The minimum absolute atomic E-state index is 0.0753. The van der Waals surface area contributed by atoms with Crippen molar-refractivity contribution in [1.29, 1.82) is 0 Å². The molecule has 162 valence electrons. The van der Waals surface area contributed by atoms with Crippen molar-refractivity contribution >= 4 is 45.4 Å². The molecular weight excluding hydrogens is 434 g/mol. The largest absolute Gasteiger partial charge is 0.325 e. The van der Waals surface area contributed by atoms with Crippen LogP contribution in [-0.4, -0.2) is 20.3 Å². The van der Waals surface area contributed by atoms with Gasteiger partial charge in [-0.2, -0.15) is 0 Å². The number of pyridine rings is 1. The number of aromatic nitrogens is 3. The lowest BCUT2D eigenvalue weighted by Gasteiger charge is -2.11. The molecule has 0 aliphatic rings. The Morgan fingerprint density at radius 1 is 1.06 bits per heavy atom. The molecule has 0 spiro atoms. The van der Waals surface area contributed by atoms with Crippen LogP contribution in [0.15, 0.2) is 83.7 Å². The molecule has 3 aromatic carbocycles. The van der Waals surface area contributed by atoms with Gasteiger partial charge in [0.2, 0.25) is 0 Å². The number of ketones is 1. The molecule has 0 saturated carbocycles. The molecule has 0 aliphatic carbocycles. The first-order valence-electron chi connectivity index (χ1n) is 10.7. The smallest absolute Gasteiger partial charge is 0.260 e. The Morgan fingerprint density at radius 3 is 2.61 bits per heavy atom. The Kier molecular flexibility index (Phi) is 5.40. The average molecular weight is 454 g/mol. The third-order valence-electron chi connectivity index (χ3n) is 5.67. The zero-order valence-corrected chi connectivity index (χ0v) is 18.6. The number of imidazole rings is 1. The molecule has 0 fully saturated rings. The number of H-pyrrole nitrogens is 1. The molecular formula is C27H20ClN3O2. The number of carbonyl (C=O) groups is 1. The van der Waals surface area contributed by atoms with Crippen LogP contribution in [0.25, 0.3) is 39.1 Å². The number of rotatable bonds is 5. The summed E-state index contributed by atoms with van der Waals surface area (Å²) >= 11 is 6.26. The monoisotopic (exact) mass is 453 g/mol. The number of nitrogens with one attached hydrogen (secondary N) is 1. The van der Waals surface area contributed by atoms with E-state index in [0.717, 1.165) is 16.6 Å². The van der Waals surface area contributed by atoms with E-state index in [1.807, 2.05) is 66.1 Å². The lowest BCUT2D eigenvalue weighted by atomic mass is 9.94. The topological polar surface area (TPSA) is 67.8 Å². The molecule has 0 bridgehead atoms. The number of hydrogen-bond donors (Lipinski definition) is 1. The molecule has 2 aromatic heterocycles. The Labute approximate surface area is 195 Å². The number of benzene rings is 3. The van der Waals surface area contributed by atoms with E-state index in [2.05, 4.69) is 9.97 Å². The first-order valence-corrected chi connectivity index (χ1v) is 11.0. The average Bonchev–Trinajstić information content (AvgIpc) is 3.20. The van der Waals surface area contributed by atoms with Gasteiger partial charge >= 0.3 is 0 Å². The number of halogens is 1. The highest BCUT2D eigenvalue weighted by molar-refractivity contribution is 6.31. The quantitative estimate of drug-likeness (QED) is 0.257. The lowest BCUT2D eigenvalue weighted by molar-refractivity contribution is 0.104. The summed E-state index contributed by atoms with van der Waals surface area (Å²) in [4.78, 5) is 33.9. The second kappa shape index (κ2) is 8.52. The fraction of sp³-hybridized carbons (Fsp3) is 0.0741. The summed E-state index contributed by atoms with van der Waals surface area (Å²) in [5.74, 6) is 0.264. The van der Waals surface area contributed by atoms with Crippen molar-refractivity contribution in [2.75, 3.05) is 0 Å². The van der Waals surface area contributed by atoms with Gasteiger partial charge in [0.05, 0.1) is 16.6 Å². The van der Waals surface area contributed by atoms with Crippen molar-refractivity contribution in [2.45, 2.75) is 13.5 Å². The molecule has 5 nitrogen and oxygen atoms in total. The maximum absolute atomic E-state index is 13.4. The van der Waals surface area contributed by atoms with Crippen LogP contribution in [0.3, 0.4) is 0 Å². The number of aryl methyl sites for hydroxylation is 1. The zero-order chi connectivity index (χ0) is 22.9. The van der Waals surface area contributed by atoms with Crippen molar-refractivity contribution in [3.63, 3.8) is 0 Å². The Hall–Kier alpha value is -3.96. The fourth-order valence-electron chi connectivity index (χ4n) is 4.19. The number of allylic oxidation sites excluding steroid dienone is 1. The van der Waals surface area contributed by atoms with Gasteiger partial charge in [0.25, 0.3) is 5.56 Å². The Balaban J connectivity index is 1.68. The molecule has 0 unspecified atom stereocenters. The van der Waals surface area contributed by atoms with Gasteiger partial charge in [-0.3, -0.25) is 9.59 Å². The maximum Gasteiger partial charge on any atom is 0.260 e. The predicted octanol–water partition coefficient (Wildman–Crippen LogP) is 6.11. The third-order valence-corrected chi connectivity index (χ3v) is 5.90. The summed E-state index contributed by atoms with van der Waals surface area (Å²) < 4.78 is 2.03. The lowest BCUT2D eigenvalue weighted by Crippen LogP contribution is -2.18. The van der Waals surface area contributed by atoms with Crippen molar-refractivity contribution in [1.82, 2.24) is 14.5 Å². The SMILES string of the molecule is CCn1c(/C=C/C(=O)c2c(-c3ccccc3)c3cc(Cl)ccc3[nH]c2=O)nc2ccccc21. The number of hydrogen-bond acceptors (Lipinski definition) is 3. The van der Waals surface area contributed by atoms with E-state index < -0.39 is 11.3 Å². The van der Waals surface area contributed by atoms with Gasteiger partial charge in [-0.1, -0.05) is 54.1 Å². The van der Waals surface area contributed by atoms with E-state index in [9.17, 15) is 9.59 Å². The second-order valence-electron chi connectivity index (χ2n) is 7.66.